The molecule has 3 N–H and O–H groups in total. The number of phenolic OH excluding ortho intramolecular Hbond substituents is 1. The summed E-state index contributed by atoms with van der Waals surface area (Å²) in [4.78, 5) is 13.1. The van der Waals surface area contributed by atoms with Crippen LogP contribution in [0.3, 0.4) is 0 Å². The first kappa shape index (κ1) is 17.8. The molecule has 2 rings (SSSR count). The molecule has 5 heteroatoms. The molecule has 1 amide bonds. The molecule has 0 aromatic heterocycles. The summed E-state index contributed by atoms with van der Waals surface area (Å²) in [6.45, 7) is 6.85. The van der Waals surface area contributed by atoms with Gasteiger partial charge in [0.2, 0.25) is 0 Å². The van der Waals surface area contributed by atoms with Crippen LogP contribution in [0.2, 0.25) is 0 Å². The summed E-state index contributed by atoms with van der Waals surface area (Å²) in [6.07, 6.45) is 0. The fourth-order valence-corrected chi connectivity index (χ4v) is 3.02. The number of carbonyl (C=O) groups is 1. The van der Waals surface area contributed by atoms with Crippen LogP contribution < -0.4 is 10.2 Å². The molecule has 0 radical (unpaired) electrons. The van der Waals surface area contributed by atoms with Crippen LogP contribution in [0.25, 0.3) is 10.8 Å². The van der Waals surface area contributed by atoms with Gasteiger partial charge in [-0.25, -0.2) is 0 Å². The Bertz CT molecular complexity index is 723. The molecule has 0 bridgehead atoms. The molecule has 0 spiro atoms. The van der Waals surface area contributed by atoms with E-state index in [1.807, 2.05) is 52.1 Å². The number of nitrogens with one attached hydrogen (secondary N) is 2. The number of phenols is 1. The average Bonchev–Trinajstić information content (AvgIpc) is 2.39. The van der Waals surface area contributed by atoms with Gasteiger partial charge < -0.3 is 15.3 Å². The van der Waals surface area contributed by atoms with Gasteiger partial charge in [-0.15, -0.1) is 0 Å². The Morgan fingerprint density at radius 2 is 1.96 bits per heavy atom. The number of benzene rings is 2. The van der Waals surface area contributed by atoms with E-state index < -0.39 is 0 Å². The number of likely N-dealkylation sites (N-methyl/N-ethyl adjacent to an activating group) is 1. The van der Waals surface area contributed by atoms with Crippen molar-refractivity contribution in [3.05, 3.63) is 40.4 Å². The summed E-state index contributed by atoms with van der Waals surface area (Å²) < 4.78 is 1.01. The van der Waals surface area contributed by atoms with Crippen LogP contribution in [0.15, 0.2) is 34.8 Å². The number of carbonyl (C=O) groups excluding carboxylic acids is 1. The highest BCUT2D eigenvalue weighted by Crippen LogP contribution is 2.28. The third-order valence-corrected chi connectivity index (χ3v) is 4.02. The third-order valence-electron chi connectivity index (χ3n) is 3.52. The minimum absolute atomic E-state index is 0.0115. The lowest BCUT2D eigenvalue weighted by Gasteiger charge is -2.22. The number of quaternary nitrogens is 1. The van der Waals surface area contributed by atoms with Gasteiger partial charge in [0, 0.05) is 10.0 Å². The predicted molar refractivity (Wildman–Crippen MR) is 96.7 cm³/mol. The molecule has 1 atom stereocenters. The third kappa shape index (κ3) is 4.94. The van der Waals surface area contributed by atoms with E-state index in [2.05, 4.69) is 21.2 Å². The lowest BCUT2D eigenvalue weighted by molar-refractivity contribution is -0.885. The molecule has 0 saturated carbocycles. The minimum atomic E-state index is -0.231. The topological polar surface area (TPSA) is 53.8 Å². The van der Waals surface area contributed by atoms with E-state index in [4.69, 9.17) is 0 Å². The summed E-state index contributed by atoms with van der Waals surface area (Å²) in [6, 6.07) is 9.61. The zero-order valence-electron chi connectivity index (χ0n) is 14.0. The van der Waals surface area contributed by atoms with Gasteiger partial charge >= 0.3 is 0 Å². The highest BCUT2D eigenvalue weighted by atomic mass is 79.9. The van der Waals surface area contributed by atoms with Crippen molar-refractivity contribution in [2.45, 2.75) is 32.9 Å². The first-order valence-electron chi connectivity index (χ1n) is 7.68. The second kappa shape index (κ2) is 6.89. The number of hydrogen-bond acceptors (Lipinski definition) is 2. The van der Waals surface area contributed by atoms with Gasteiger partial charge in [-0.2, -0.15) is 0 Å². The highest BCUT2D eigenvalue weighted by Gasteiger charge is 2.19. The van der Waals surface area contributed by atoms with Gasteiger partial charge in [0.05, 0.1) is 12.6 Å². The van der Waals surface area contributed by atoms with Crippen molar-refractivity contribution in [2.75, 3.05) is 13.6 Å². The number of fused-ring (bicyclic) bond motifs is 1. The molecule has 0 aliphatic carbocycles. The molecule has 23 heavy (non-hydrogen) atoms. The van der Waals surface area contributed by atoms with Crippen molar-refractivity contribution in [3.63, 3.8) is 0 Å². The molecule has 2 aromatic carbocycles. The Balaban J connectivity index is 2.18. The average molecular weight is 380 g/mol. The summed E-state index contributed by atoms with van der Waals surface area (Å²) in [7, 11) is 1.96. The van der Waals surface area contributed by atoms with E-state index in [0.29, 0.717) is 13.1 Å². The first-order chi connectivity index (χ1) is 10.7. The van der Waals surface area contributed by atoms with Gasteiger partial charge in [0.25, 0.3) is 5.91 Å². The van der Waals surface area contributed by atoms with Crippen molar-refractivity contribution in [1.82, 2.24) is 5.32 Å². The zero-order chi connectivity index (χ0) is 17.2. The number of halogens is 1. The number of rotatable bonds is 4. The van der Waals surface area contributed by atoms with E-state index >= 15 is 0 Å². The Labute approximate surface area is 145 Å². The molecule has 1 unspecified atom stereocenters. The Morgan fingerprint density at radius 3 is 2.61 bits per heavy atom. The molecule has 4 nitrogen and oxygen atoms in total. The van der Waals surface area contributed by atoms with Crippen molar-refractivity contribution in [2.24, 2.45) is 0 Å². The van der Waals surface area contributed by atoms with Crippen LogP contribution in [0.1, 0.15) is 26.3 Å². The highest BCUT2D eigenvalue weighted by molar-refractivity contribution is 9.10. The van der Waals surface area contributed by atoms with E-state index in [0.717, 1.165) is 25.7 Å². The second-order valence-electron chi connectivity index (χ2n) is 7.04. The molecule has 2 aromatic rings. The molecule has 0 aliphatic heterocycles. The Hall–Kier alpha value is -1.59. The SMILES string of the molecule is C[NH+](CC(=O)NC(C)(C)C)Cc1c(O)ccc2cc(Br)ccc12. The summed E-state index contributed by atoms with van der Waals surface area (Å²) >= 11 is 3.47. The van der Waals surface area contributed by atoms with Crippen LogP contribution in [-0.4, -0.2) is 30.1 Å². The van der Waals surface area contributed by atoms with E-state index in [1.54, 1.807) is 6.07 Å². The normalized spacial score (nSPS) is 13.1. The van der Waals surface area contributed by atoms with Crippen molar-refractivity contribution in [3.8, 4) is 5.75 Å². The molecule has 0 aliphatic rings. The van der Waals surface area contributed by atoms with Crippen LogP contribution >= 0.6 is 15.9 Å². The van der Waals surface area contributed by atoms with E-state index in [9.17, 15) is 9.90 Å². The standard InChI is InChI=1S/C18H23BrN2O2/c1-18(2,3)20-17(23)11-21(4)10-15-14-7-6-13(19)9-12(14)5-8-16(15)22/h5-9,22H,10-11H2,1-4H3,(H,20,23)/p+1. The maximum atomic E-state index is 12.1. The van der Waals surface area contributed by atoms with Gasteiger partial charge in [-0.3, -0.25) is 4.79 Å². The number of amides is 1. The largest absolute Gasteiger partial charge is 0.507 e. The Morgan fingerprint density at radius 1 is 1.26 bits per heavy atom. The van der Waals surface area contributed by atoms with Gasteiger partial charge in [-0.05, 0) is 49.7 Å². The molecule has 0 fully saturated rings. The zero-order valence-corrected chi connectivity index (χ0v) is 15.6. The monoisotopic (exact) mass is 379 g/mol. The molecular formula is C18H24BrN2O2+. The number of aromatic hydroxyl groups is 1. The van der Waals surface area contributed by atoms with E-state index in [1.165, 1.54) is 0 Å². The van der Waals surface area contributed by atoms with Gasteiger partial charge in [0.15, 0.2) is 6.54 Å². The van der Waals surface area contributed by atoms with Gasteiger partial charge in [0.1, 0.15) is 12.3 Å². The molecular weight excluding hydrogens is 356 g/mol. The fraction of sp³-hybridized carbons (Fsp3) is 0.389. The van der Waals surface area contributed by atoms with Crippen molar-refractivity contribution >= 4 is 32.6 Å². The molecule has 0 heterocycles. The van der Waals surface area contributed by atoms with Crippen LogP contribution in [0.4, 0.5) is 0 Å². The van der Waals surface area contributed by atoms with Crippen molar-refractivity contribution < 1.29 is 14.8 Å². The van der Waals surface area contributed by atoms with Crippen LogP contribution in [0.5, 0.6) is 5.75 Å². The predicted octanol–water partition coefficient (Wildman–Crippen LogP) is 2.24. The maximum Gasteiger partial charge on any atom is 0.275 e. The lowest BCUT2D eigenvalue weighted by Crippen LogP contribution is -3.09. The fourth-order valence-electron chi connectivity index (χ4n) is 2.64. The van der Waals surface area contributed by atoms with Gasteiger partial charge in [-0.1, -0.05) is 28.1 Å². The molecule has 124 valence electrons. The van der Waals surface area contributed by atoms with Crippen molar-refractivity contribution in [1.29, 1.82) is 0 Å². The number of hydrogen-bond donors (Lipinski definition) is 3. The maximum absolute atomic E-state index is 12.1. The Kier molecular flexibility index (Phi) is 5.32. The first-order valence-corrected chi connectivity index (χ1v) is 8.47. The van der Waals surface area contributed by atoms with E-state index in [-0.39, 0.29) is 17.2 Å². The smallest absolute Gasteiger partial charge is 0.275 e. The summed E-state index contributed by atoms with van der Waals surface area (Å²) in [5.41, 5.74) is 0.640. The second-order valence-corrected chi connectivity index (χ2v) is 7.95. The minimum Gasteiger partial charge on any atom is -0.507 e. The summed E-state index contributed by atoms with van der Waals surface area (Å²) in [5, 5.41) is 15.3. The quantitative estimate of drug-likeness (QED) is 0.762. The lowest BCUT2D eigenvalue weighted by atomic mass is 10.0. The molecule has 0 saturated heterocycles. The summed E-state index contributed by atoms with van der Waals surface area (Å²) in [5.74, 6) is 0.285. The van der Waals surface area contributed by atoms with Crippen LogP contribution in [-0.2, 0) is 11.3 Å². The van der Waals surface area contributed by atoms with Crippen LogP contribution in [0, 0.1) is 0 Å².